The molecule has 148 valence electrons. The lowest BCUT2D eigenvalue weighted by atomic mass is 10.1. The molecule has 0 spiro atoms. The lowest BCUT2D eigenvalue weighted by Gasteiger charge is -2.34. The first kappa shape index (κ1) is 18.8. The molecule has 8 nitrogen and oxygen atoms in total. The number of rotatable bonds is 4. The Morgan fingerprint density at radius 1 is 0.966 bits per heavy atom. The summed E-state index contributed by atoms with van der Waals surface area (Å²) in [4.78, 5) is 37.4. The summed E-state index contributed by atoms with van der Waals surface area (Å²) in [6, 6.07) is 12.6. The van der Waals surface area contributed by atoms with Crippen molar-refractivity contribution in [3.63, 3.8) is 0 Å². The number of nitrogens with zero attached hydrogens (tertiary/aromatic N) is 6. The summed E-state index contributed by atoms with van der Waals surface area (Å²) in [7, 11) is 0. The first-order valence-corrected chi connectivity index (χ1v) is 9.55. The largest absolute Gasteiger partial charge is 0.337 e. The van der Waals surface area contributed by atoms with E-state index in [4.69, 9.17) is 0 Å². The van der Waals surface area contributed by atoms with Crippen molar-refractivity contribution in [1.29, 1.82) is 0 Å². The van der Waals surface area contributed by atoms with Crippen LogP contribution in [0.2, 0.25) is 0 Å². The third kappa shape index (κ3) is 4.31. The number of aromatic nitrogens is 4. The molecule has 3 heterocycles. The Bertz CT molecular complexity index is 1040. The summed E-state index contributed by atoms with van der Waals surface area (Å²) in [6.07, 6.45) is 3.42. The van der Waals surface area contributed by atoms with E-state index in [0.717, 1.165) is 11.1 Å². The Labute approximate surface area is 168 Å². The third-order valence-corrected chi connectivity index (χ3v) is 4.94. The SMILES string of the molecule is Cc1ccc(Cn2nc(C(=O)N3CCN(c4ncccn4)CC3)ccc2=O)cc1. The first-order valence-electron chi connectivity index (χ1n) is 9.55. The second-order valence-electron chi connectivity index (χ2n) is 7.03. The standard InChI is InChI=1S/C21H22N6O2/c1-16-3-5-17(6-4-16)15-27-19(28)8-7-18(24-27)20(29)25-11-13-26(14-12-25)21-22-9-2-10-23-21/h2-10H,11-15H2,1H3. The Morgan fingerprint density at radius 2 is 1.66 bits per heavy atom. The molecule has 8 heteroatoms. The number of hydrogen-bond acceptors (Lipinski definition) is 6. The number of benzene rings is 1. The van der Waals surface area contributed by atoms with Crippen LogP contribution in [-0.2, 0) is 6.54 Å². The van der Waals surface area contributed by atoms with Crippen molar-refractivity contribution in [2.45, 2.75) is 13.5 Å². The van der Waals surface area contributed by atoms with E-state index >= 15 is 0 Å². The molecule has 0 aliphatic carbocycles. The van der Waals surface area contributed by atoms with Gasteiger partial charge in [0.1, 0.15) is 5.69 Å². The fourth-order valence-electron chi connectivity index (χ4n) is 3.27. The molecule has 4 rings (SSSR count). The van der Waals surface area contributed by atoms with Gasteiger partial charge in [-0.3, -0.25) is 9.59 Å². The molecule has 1 aliphatic rings. The van der Waals surface area contributed by atoms with E-state index in [1.165, 1.54) is 16.8 Å². The van der Waals surface area contributed by atoms with Crippen molar-refractivity contribution in [1.82, 2.24) is 24.6 Å². The smallest absolute Gasteiger partial charge is 0.274 e. The fourth-order valence-corrected chi connectivity index (χ4v) is 3.27. The average Bonchev–Trinajstić information content (AvgIpc) is 2.77. The summed E-state index contributed by atoms with van der Waals surface area (Å²) >= 11 is 0. The molecular formula is C21H22N6O2. The molecule has 0 unspecified atom stereocenters. The number of amides is 1. The third-order valence-electron chi connectivity index (χ3n) is 4.94. The number of aryl methyl sites for hydroxylation is 1. The van der Waals surface area contributed by atoms with Crippen LogP contribution >= 0.6 is 0 Å². The van der Waals surface area contributed by atoms with Crippen molar-refractivity contribution in [3.8, 4) is 0 Å². The van der Waals surface area contributed by atoms with Gasteiger partial charge in [0.15, 0.2) is 0 Å². The summed E-state index contributed by atoms with van der Waals surface area (Å²) in [5.41, 5.74) is 2.17. The highest BCUT2D eigenvalue weighted by Gasteiger charge is 2.24. The van der Waals surface area contributed by atoms with E-state index in [2.05, 4.69) is 20.0 Å². The highest BCUT2D eigenvalue weighted by Crippen LogP contribution is 2.12. The topological polar surface area (TPSA) is 84.2 Å². The summed E-state index contributed by atoms with van der Waals surface area (Å²) in [5, 5.41) is 4.32. The maximum absolute atomic E-state index is 12.9. The molecule has 0 atom stereocenters. The molecule has 0 bridgehead atoms. The first-order chi connectivity index (χ1) is 14.1. The van der Waals surface area contributed by atoms with Crippen LogP contribution in [0, 0.1) is 6.92 Å². The normalized spacial score (nSPS) is 14.1. The summed E-state index contributed by atoms with van der Waals surface area (Å²) in [6.45, 7) is 4.75. The lowest BCUT2D eigenvalue weighted by Crippen LogP contribution is -2.49. The minimum atomic E-state index is -0.229. The Morgan fingerprint density at radius 3 is 2.34 bits per heavy atom. The van der Waals surface area contributed by atoms with Gasteiger partial charge in [-0.2, -0.15) is 5.10 Å². The van der Waals surface area contributed by atoms with Gasteiger partial charge in [0.25, 0.3) is 11.5 Å². The van der Waals surface area contributed by atoms with Crippen molar-refractivity contribution in [3.05, 3.63) is 82.0 Å². The average molecular weight is 390 g/mol. The molecule has 1 saturated heterocycles. The molecule has 1 aromatic carbocycles. The molecule has 1 fully saturated rings. The molecule has 1 amide bonds. The maximum Gasteiger partial charge on any atom is 0.274 e. The van der Waals surface area contributed by atoms with Crippen molar-refractivity contribution >= 4 is 11.9 Å². The van der Waals surface area contributed by atoms with Crippen molar-refractivity contribution in [2.24, 2.45) is 0 Å². The molecule has 0 saturated carbocycles. The van der Waals surface area contributed by atoms with Gasteiger partial charge in [-0.15, -0.1) is 0 Å². The van der Waals surface area contributed by atoms with E-state index in [-0.39, 0.29) is 17.2 Å². The van der Waals surface area contributed by atoms with Crippen LogP contribution in [0.1, 0.15) is 21.6 Å². The predicted molar refractivity (Wildman–Crippen MR) is 109 cm³/mol. The van der Waals surface area contributed by atoms with Crippen LogP contribution < -0.4 is 10.5 Å². The molecule has 3 aromatic rings. The molecule has 29 heavy (non-hydrogen) atoms. The minimum absolute atomic E-state index is 0.170. The fraction of sp³-hybridized carbons (Fsp3) is 0.286. The van der Waals surface area contributed by atoms with E-state index in [0.29, 0.717) is 38.7 Å². The maximum atomic E-state index is 12.9. The molecule has 0 radical (unpaired) electrons. The zero-order valence-corrected chi connectivity index (χ0v) is 16.2. The molecule has 0 N–H and O–H groups in total. The highest BCUT2D eigenvalue weighted by atomic mass is 16.2. The van der Waals surface area contributed by atoms with E-state index in [9.17, 15) is 9.59 Å². The van der Waals surface area contributed by atoms with Crippen LogP contribution in [0.4, 0.5) is 5.95 Å². The van der Waals surface area contributed by atoms with Gasteiger partial charge < -0.3 is 9.80 Å². The minimum Gasteiger partial charge on any atom is -0.337 e. The molecule has 1 aliphatic heterocycles. The quantitative estimate of drug-likeness (QED) is 0.669. The van der Waals surface area contributed by atoms with Crippen LogP contribution in [0.5, 0.6) is 0 Å². The predicted octanol–water partition coefficient (Wildman–Crippen LogP) is 1.35. The number of hydrogen-bond donors (Lipinski definition) is 0. The van der Waals surface area contributed by atoms with E-state index < -0.39 is 0 Å². The second-order valence-corrected chi connectivity index (χ2v) is 7.03. The number of anilines is 1. The van der Waals surface area contributed by atoms with Crippen molar-refractivity contribution in [2.75, 3.05) is 31.1 Å². The van der Waals surface area contributed by atoms with Crippen LogP contribution in [0.3, 0.4) is 0 Å². The lowest BCUT2D eigenvalue weighted by molar-refractivity contribution is 0.0737. The van der Waals surface area contributed by atoms with Gasteiger partial charge in [-0.1, -0.05) is 29.8 Å². The highest BCUT2D eigenvalue weighted by molar-refractivity contribution is 5.92. The Balaban J connectivity index is 1.45. The van der Waals surface area contributed by atoms with Crippen LogP contribution in [0.25, 0.3) is 0 Å². The van der Waals surface area contributed by atoms with Gasteiger partial charge in [-0.25, -0.2) is 14.6 Å². The van der Waals surface area contributed by atoms with E-state index in [1.54, 1.807) is 23.4 Å². The zero-order chi connectivity index (χ0) is 20.2. The molecule has 2 aromatic heterocycles. The Hall–Kier alpha value is -3.55. The Kier molecular flexibility index (Phi) is 5.33. The van der Waals surface area contributed by atoms with Gasteiger partial charge in [0, 0.05) is 44.6 Å². The van der Waals surface area contributed by atoms with Crippen molar-refractivity contribution < 1.29 is 4.79 Å². The van der Waals surface area contributed by atoms with Gasteiger partial charge >= 0.3 is 0 Å². The number of piperazine rings is 1. The van der Waals surface area contributed by atoms with E-state index in [1.807, 2.05) is 31.2 Å². The second kappa shape index (κ2) is 8.22. The van der Waals surface area contributed by atoms with Crippen LogP contribution in [-0.4, -0.2) is 56.7 Å². The number of carbonyl (C=O) groups is 1. The van der Waals surface area contributed by atoms with Gasteiger partial charge in [0.05, 0.1) is 6.54 Å². The van der Waals surface area contributed by atoms with Crippen LogP contribution in [0.15, 0.2) is 59.7 Å². The van der Waals surface area contributed by atoms with Gasteiger partial charge in [0.2, 0.25) is 5.95 Å². The monoisotopic (exact) mass is 390 g/mol. The summed E-state index contributed by atoms with van der Waals surface area (Å²) in [5.74, 6) is 0.501. The van der Waals surface area contributed by atoms with Gasteiger partial charge in [-0.05, 0) is 24.6 Å². The zero-order valence-electron chi connectivity index (χ0n) is 16.2. The molecular weight excluding hydrogens is 368 g/mol. The summed E-state index contributed by atoms with van der Waals surface area (Å²) < 4.78 is 1.34. The number of carbonyl (C=O) groups excluding carboxylic acids is 1.